The molecule has 1 N–H and O–H groups in total. The smallest absolute Gasteiger partial charge is 0.222 e. The molecule has 2 aromatic carbocycles. The van der Waals surface area contributed by atoms with Crippen molar-refractivity contribution in [2.24, 2.45) is 0 Å². The number of aromatic hydroxyl groups is 1. The summed E-state index contributed by atoms with van der Waals surface area (Å²) in [6, 6.07) is 11.7. The molecule has 0 saturated carbocycles. The van der Waals surface area contributed by atoms with Crippen molar-refractivity contribution in [1.29, 1.82) is 0 Å². The second-order valence-corrected chi connectivity index (χ2v) is 5.77. The summed E-state index contributed by atoms with van der Waals surface area (Å²) in [5, 5.41) is 12.2. The lowest BCUT2D eigenvalue weighted by Gasteiger charge is -2.26. The van der Waals surface area contributed by atoms with Gasteiger partial charge in [-0.3, -0.25) is 4.79 Å². The lowest BCUT2D eigenvalue weighted by Crippen LogP contribution is -2.35. The number of hydrogen-bond acceptors (Lipinski definition) is 2. The molecule has 0 aromatic heterocycles. The first-order valence-electron chi connectivity index (χ1n) is 7.72. The van der Waals surface area contributed by atoms with Crippen molar-refractivity contribution in [1.82, 2.24) is 4.90 Å². The van der Waals surface area contributed by atoms with Crippen molar-refractivity contribution in [3.8, 4) is 5.75 Å². The zero-order valence-electron chi connectivity index (χ0n) is 12.2. The van der Waals surface area contributed by atoms with Gasteiger partial charge in [0.25, 0.3) is 0 Å². The fraction of sp³-hybridized carbons (Fsp3) is 0.389. The Morgan fingerprint density at radius 3 is 2.43 bits per heavy atom. The summed E-state index contributed by atoms with van der Waals surface area (Å²) >= 11 is 0. The van der Waals surface area contributed by atoms with Crippen molar-refractivity contribution in [3.05, 3.63) is 42.0 Å². The maximum atomic E-state index is 12.2. The van der Waals surface area contributed by atoms with Crippen LogP contribution in [0, 0.1) is 0 Å². The van der Waals surface area contributed by atoms with Gasteiger partial charge in [0.05, 0.1) is 0 Å². The summed E-state index contributed by atoms with van der Waals surface area (Å²) in [5.41, 5.74) is 0.860. The molecule has 0 unspecified atom stereocenters. The van der Waals surface area contributed by atoms with Crippen molar-refractivity contribution < 1.29 is 9.90 Å². The highest BCUT2D eigenvalue weighted by atomic mass is 16.3. The van der Waals surface area contributed by atoms with Gasteiger partial charge in [0, 0.05) is 19.5 Å². The van der Waals surface area contributed by atoms with Gasteiger partial charge in [0.1, 0.15) is 5.75 Å². The van der Waals surface area contributed by atoms with Crippen LogP contribution in [0.3, 0.4) is 0 Å². The highest BCUT2D eigenvalue weighted by Gasteiger charge is 2.16. The number of amides is 1. The molecule has 3 heteroatoms. The highest BCUT2D eigenvalue weighted by Crippen LogP contribution is 2.26. The monoisotopic (exact) mass is 283 g/mol. The molecule has 0 bridgehead atoms. The van der Waals surface area contributed by atoms with Gasteiger partial charge < -0.3 is 10.0 Å². The van der Waals surface area contributed by atoms with Crippen molar-refractivity contribution >= 4 is 16.7 Å². The molecule has 1 fully saturated rings. The van der Waals surface area contributed by atoms with Crippen LogP contribution >= 0.6 is 0 Å². The molecular weight excluding hydrogens is 262 g/mol. The molecule has 1 heterocycles. The van der Waals surface area contributed by atoms with E-state index in [0.29, 0.717) is 18.6 Å². The third-order valence-electron chi connectivity index (χ3n) is 4.26. The van der Waals surface area contributed by atoms with Gasteiger partial charge in [-0.15, -0.1) is 0 Å². The zero-order chi connectivity index (χ0) is 14.7. The van der Waals surface area contributed by atoms with E-state index in [-0.39, 0.29) is 5.91 Å². The van der Waals surface area contributed by atoms with E-state index in [1.165, 1.54) is 6.42 Å². The van der Waals surface area contributed by atoms with Gasteiger partial charge in [-0.2, -0.15) is 0 Å². The molecule has 1 amide bonds. The highest BCUT2D eigenvalue weighted by molar-refractivity contribution is 5.85. The average molecular weight is 283 g/mol. The maximum absolute atomic E-state index is 12.2. The SMILES string of the molecule is O=C(CCc1cc2ccccc2cc1O)N1CCCCC1. The van der Waals surface area contributed by atoms with Crippen LogP contribution in [0.25, 0.3) is 10.8 Å². The summed E-state index contributed by atoms with van der Waals surface area (Å²) in [6.07, 6.45) is 4.55. The van der Waals surface area contributed by atoms with Crippen LogP contribution in [0.5, 0.6) is 5.75 Å². The Hall–Kier alpha value is -2.03. The summed E-state index contributed by atoms with van der Waals surface area (Å²) in [4.78, 5) is 14.2. The second-order valence-electron chi connectivity index (χ2n) is 5.77. The molecule has 1 aliphatic heterocycles. The zero-order valence-corrected chi connectivity index (χ0v) is 12.2. The van der Waals surface area contributed by atoms with Crippen LogP contribution < -0.4 is 0 Å². The number of likely N-dealkylation sites (tertiary alicyclic amines) is 1. The molecule has 21 heavy (non-hydrogen) atoms. The molecule has 1 aliphatic rings. The number of nitrogens with zero attached hydrogens (tertiary/aromatic N) is 1. The lowest BCUT2D eigenvalue weighted by molar-refractivity contribution is -0.132. The maximum Gasteiger partial charge on any atom is 0.222 e. The Bertz CT molecular complexity index is 645. The second kappa shape index (κ2) is 6.17. The van der Waals surface area contributed by atoms with Gasteiger partial charge in [0.2, 0.25) is 5.91 Å². The van der Waals surface area contributed by atoms with Gasteiger partial charge in [-0.05, 0) is 54.2 Å². The fourth-order valence-corrected chi connectivity index (χ4v) is 3.02. The molecule has 0 spiro atoms. The minimum atomic E-state index is 0.210. The first-order valence-corrected chi connectivity index (χ1v) is 7.72. The summed E-state index contributed by atoms with van der Waals surface area (Å²) in [7, 11) is 0. The topological polar surface area (TPSA) is 40.5 Å². The molecule has 2 aromatic rings. The Labute approximate surface area is 125 Å². The number of rotatable bonds is 3. The van der Waals surface area contributed by atoms with E-state index in [1.54, 1.807) is 6.07 Å². The summed E-state index contributed by atoms with van der Waals surface area (Å²) in [6.45, 7) is 1.78. The minimum Gasteiger partial charge on any atom is -0.508 e. The largest absolute Gasteiger partial charge is 0.508 e. The predicted molar refractivity (Wildman–Crippen MR) is 84.4 cm³/mol. The Morgan fingerprint density at radius 1 is 1.05 bits per heavy atom. The normalized spacial score (nSPS) is 15.3. The minimum absolute atomic E-state index is 0.210. The van der Waals surface area contributed by atoms with Gasteiger partial charge >= 0.3 is 0 Å². The van der Waals surface area contributed by atoms with Crippen molar-refractivity contribution in [2.45, 2.75) is 32.1 Å². The third kappa shape index (κ3) is 3.18. The predicted octanol–water partition coefficient (Wildman–Crippen LogP) is 3.49. The number of aryl methyl sites for hydroxylation is 1. The van der Waals surface area contributed by atoms with E-state index in [9.17, 15) is 9.90 Å². The third-order valence-corrected chi connectivity index (χ3v) is 4.26. The molecule has 3 nitrogen and oxygen atoms in total. The first-order chi connectivity index (χ1) is 10.2. The molecule has 0 aliphatic carbocycles. The Kier molecular flexibility index (Phi) is 4.09. The number of piperidine rings is 1. The number of carbonyl (C=O) groups is 1. The number of carbonyl (C=O) groups excluding carboxylic acids is 1. The summed E-state index contributed by atoms with van der Waals surface area (Å²) in [5.74, 6) is 0.502. The van der Waals surface area contributed by atoms with E-state index in [4.69, 9.17) is 0 Å². The van der Waals surface area contributed by atoms with E-state index in [0.717, 1.165) is 42.3 Å². The van der Waals surface area contributed by atoms with E-state index >= 15 is 0 Å². The number of hydrogen-bond donors (Lipinski definition) is 1. The van der Waals surface area contributed by atoms with Crippen LogP contribution in [0.4, 0.5) is 0 Å². The van der Waals surface area contributed by atoms with E-state index < -0.39 is 0 Å². The van der Waals surface area contributed by atoms with Crippen LogP contribution in [0.15, 0.2) is 36.4 Å². The van der Waals surface area contributed by atoms with E-state index in [2.05, 4.69) is 0 Å². The standard InChI is InChI=1S/C18H21NO2/c20-17-13-15-7-3-2-6-14(15)12-16(17)8-9-18(21)19-10-4-1-5-11-19/h2-3,6-7,12-13,20H,1,4-5,8-11H2. The van der Waals surface area contributed by atoms with Crippen LogP contribution in [-0.2, 0) is 11.2 Å². The molecule has 0 atom stereocenters. The van der Waals surface area contributed by atoms with Gasteiger partial charge in [-0.1, -0.05) is 24.3 Å². The Morgan fingerprint density at radius 2 is 1.71 bits per heavy atom. The van der Waals surface area contributed by atoms with Crippen LogP contribution in [-0.4, -0.2) is 29.0 Å². The molecule has 3 rings (SSSR count). The summed E-state index contributed by atoms with van der Waals surface area (Å²) < 4.78 is 0. The number of phenols is 1. The van der Waals surface area contributed by atoms with Crippen LogP contribution in [0.2, 0.25) is 0 Å². The lowest BCUT2D eigenvalue weighted by atomic mass is 10.0. The van der Waals surface area contributed by atoms with E-state index in [1.807, 2.05) is 35.2 Å². The molecular formula is C18H21NO2. The van der Waals surface area contributed by atoms with Crippen LogP contribution in [0.1, 0.15) is 31.2 Å². The number of phenolic OH excluding ortho intramolecular Hbond substituents is 1. The molecule has 0 radical (unpaired) electrons. The van der Waals surface area contributed by atoms with Gasteiger partial charge in [-0.25, -0.2) is 0 Å². The Balaban J connectivity index is 1.69. The van der Waals surface area contributed by atoms with Crippen molar-refractivity contribution in [2.75, 3.05) is 13.1 Å². The molecule has 1 saturated heterocycles. The van der Waals surface area contributed by atoms with Crippen molar-refractivity contribution in [3.63, 3.8) is 0 Å². The quantitative estimate of drug-likeness (QED) is 0.936. The number of fused-ring (bicyclic) bond motifs is 1. The average Bonchev–Trinajstić information content (AvgIpc) is 2.53. The van der Waals surface area contributed by atoms with Gasteiger partial charge in [0.15, 0.2) is 0 Å². The fourth-order valence-electron chi connectivity index (χ4n) is 3.02. The molecule has 110 valence electrons. The first kappa shape index (κ1) is 13.9. The number of benzene rings is 2.